The topological polar surface area (TPSA) is 44.8 Å². The minimum Gasteiger partial charge on any atom is -0.464 e. The van der Waals surface area contributed by atoms with Crippen LogP contribution in [0.25, 0.3) is 0 Å². The molecule has 0 aliphatic heterocycles. The fourth-order valence-electron chi connectivity index (χ4n) is 1.15. The molecule has 1 atom stereocenters. The number of alkyl halides is 12. The third-order valence-corrected chi connectivity index (χ3v) is 2.49. The summed E-state index contributed by atoms with van der Waals surface area (Å²) < 4.78 is 197. The van der Waals surface area contributed by atoms with Crippen molar-refractivity contribution in [2.45, 2.75) is 36.3 Å². The Morgan fingerprint density at radius 1 is 0.690 bits per heavy atom. The second kappa shape index (κ2) is 7.73. The molecule has 0 heterocycles. The maximum Gasteiger partial charge on any atom is 0.458 e. The Balaban J connectivity index is 6.40. The molecule has 0 saturated heterocycles. The third-order valence-electron chi connectivity index (χ3n) is 2.49. The first-order chi connectivity index (χ1) is 12.5. The highest BCUT2D eigenvalue weighted by molar-refractivity contribution is 5.78. The molecule has 0 bridgehead atoms. The lowest BCUT2D eigenvalue weighted by atomic mass is 10.2. The molecule has 0 aromatic heterocycles. The van der Waals surface area contributed by atoms with Crippen LogP contribution in [0.2, 0.25) is 0 Å². The SMILES string of the molecule is COC(=O)C(F)(F)C(F)(F)OC(F)(C(F)(F)F)C(F)(F)OC(F)(F)C(F)=C(F)F. The van der Waals surface area contributed by atoms with Crippen molar-refractivity contribution in [3.63, 3.8) is 0 Å². The van der Waals surface area contributed by atoms with Crippen LogP contribution in [0.15, 0.2) is 11.9 Å². The molecule has 0 amide bonds. The van der Waals surface area contributed by atoms with Gasteiger partial charge in [-0.25, -0.2) is 9.53 Å². The predicted octanol–water partition coefficient (Wildman–Crippen LogP) is 4.91. The van der Waals surface area contributed by atoms with Gasteiger partial charge in [-0.15, -0.1) is 0 Å². The molecule has 0 aliphatic rings. The number of carbonyl (C=O) groups excluding carboxylic acids is 1. The van der Waals surface area contributed by atoms with E-state index in [2.05, 4.69) is 4.74 Å². The van der Waals surface area contributed by atoms with Crippen molar-refractivity contribution in [2.24, 2.45) is 0 Å². The van der Waals surface area contributed by atoms with Gasteiger partial charge in [0.1, 0.15) is 0 Å². The Labute approximate surface area is 147 Å². The molecular formula is C10H3F15O4. The summed E-state index contributed by atoms with van der Waals surface area (Å²) in [5, 5.41) is 0. The molecule has 29 heavy (non-hydrogen) atoms. The third kappa shape index (κ3) is 4.98. The molecule has 0 radical (unpaired) electrons. The Morgan fingerprint density at radius 2 is 1.10 bits per heavy atom. The van der Waals surface area contributed by atoms with E-state index in [9.17, 15) is 70.7 Å². The van der Waals surface area contributed by atoms with Gasteiger partial charge in [0.05, 0.1) is 7.11 Å². The lowest BCUT2D eigenvalue weighted by molar-refractivity contribution is -0.534. The molecule has 0 aromatic rings. The van der Waals surface area contributed by atoms with Crippen LogP contribution in [-0.2, 0) is 19.0 Å². The summed E-state index contributed by atoms with van der Waals surface area (Å²) in [5.41, 5.74) is 0. The average Bonchev–Trinajstić information content (AvgIpc) is 2.49. The van der Waals surface area contributed by atoms with Gasteiger partial charge in [0.25, 0.3) is 5.83 Å². The highest BCUT2D eigenvalue weighted by atomic mass is 19.4. The van der Waals surface area contributed by atoms with E-state index in [0.29, 0.717) is 0 Å². The lowest BCUT2D eigenvalue weighted by Crippen LogP contribution is -2.65. The molecule has 0 N–H and O–H groups in total. The van der Waals surface area contributed by atoms with Crippen LogP contribution in [0.3, 0.4) is 0 Å². The molecule has 0 spiro atoms. The number of rotatable bonds is 8. The summed E-state index contributed by atoms with van der Waals surface area (Å²) in [4.78, 5) is 10.4. The second-order valence-corrected chi connectivity index (χ2v) is 4.49. The van der Waals surface area contributed by atoms with E-state index in [0.717, 1.165) is 0 Å². The Morgan fingerprint density at radius 3 is 1.41 bits per heavy atom. The average molecular weight is 472 g/mol. The number of hydrogen-bond acceptors (Lipinski definition) is 4. The molecule has 0 aromatic carbocycles. The maximum absolute atomic E-state index is 13.6. The molecule has 0 saturated carbocycles. The summed E-state index contributed by atoms with van der Waals surface area (Å²) in [6.45, 7) is 0. The van der Waals surface area contributed by atoms with Crippen LogP contribution in [0.5, 0.6) is 0 Å². The van der Waals surface area contributed by atoms with Gasteiger partial charge in [-0.3, -0.25) is 4.74 Å². The van der Waals surface area contributed by atoms with Gasteiger partial charge in [-0.2, -0.15) is 65.9 Å². The summed E-state index contributed by atoms with van der Waals surface area (Å²) in [6.07, 6.45) is -33.4. The van der Waals surface area contributed by atoms with Crippen LogP contribution in [0.1, 0.15) is 0 Å². The first kappa shape index (κ1) is 27.1. The van der Waals surface area contributed by atoms with Crippen LogP contribution in [0.4, 0.5) is 65.9 Å². The van der Waals surface area contributed by atoms with E-state index in [4.69, 9.17) is 0 Å². The van der Waals surface area contributed by atoms with Gasteiger partial charge in [0, 0.05) is 0 Å². The molecule has 1 unspecified atom stereocenters. The van der Waals surface area contributed by atoms with Crippen molar-refractivity contribution >= 4 is 5.97 Å². The number of hydrogen-bond donors (Lipinski definition) is 0. The van der Waals surface area contributed by atoms with Crippen LogP contribution >= 0.6 is 0 Å². The maximum atomic E-state index is 13.6. The van der Waals surface area contributed by atoms with E-state index < -0.39 is 54.2 Å². The van der Waals surface area contributed by atoms with Crippen molar-refractivity contribution in [3.05, 3.63) is 11.9 Å². The van der Waals surface area contributed by atoms with Crippen LogP contribution in [0, 0.1) is 0 Å². The quantitative estimate of drug-likeness (QED) is 0.372. The first-order valence-electron chi connectivity index (χ1n) is 5.97. The Hall–Kier alpha value is -1.92. The van der Waals surface area contributed by atoms with Gasteiger partial charge >= 0.3 is 48.3 Å². The largest absolute Gasteiger partial charge is 0.464 e. The first-order valence-corrected chi connectivity index (χ1v) is 5.97. The van der Waals surface area contributed by atoms with E-state index >= 15 is 0 Å². The van der Waals surface area contributed by atoms with E-state index in [-0.39, 0.29) is 7.11 Å². The number of carbonyl (C=O) groups is 1. The van der Waals surface area contributed by atoms with Crippen molar-refractivity contribution in [1.82, 2.24) is 0 Å². The summed E-state index contributed by atoms with van der Waals surface area (Å²) >= 11 is 0. The van der Waals surface area contributed by atoms with Gasteiger partial charge in [-0.1, -0.05) is 0 Å². The normalized spacial score (nSPS) is 16.3. The van der Waals surface area contributed by atoms with Crippen molar-refractivity contribution in [1.29, 1.82) is 0 Å². The number of halogens is 15. The van der Waals surface area contributed by atoms with Crippen molar-refractivity contribution in [2.75, 3.05) is 7.11 Å². The molecular weight excluding hydrogens is 469 g/mol. The monoisotopic (exact) mass is 472 g/mol. The number of methoxy groups -OCH3 is 1. The molecule has 0 fully saturated rings. The van der Waals surface area contributed by atoms with Gasteiger partial charge < -0.3 is 4.74 Å². The van der Waals surface area contributed by atoms with Crippen LogP contribution in [-0.4, -0.2) is 49.4 Å². The second-order valence-electron chi connectivity index (χ2n) is 4.49. The Bertz CT molecular complexity index is 650. The summed E-state index contributed by atoms with van der Waals surface area (Å²) in [5.74, 6) is -22.1. The molecule has 0 aliphatic carbocycles. The van der Waals surface area contributed by atoms with Crippen molar-refractivity contribution < 1.29 is 84.9 Å². The minimum atomic E-state index is -7.67. The van der Waals surface area contributed by atoms with Crippen molar-refractivity contribution in [3.8, 4) is 0 Å². The molecule has 19 heteroatoms. The fourth-order valence-corrected chi connectivity index (χ4v) is 1.15. The zero-order valence-electron chi connectivity index (χ0n) is 12.8. The van der Waals surface area contributed by atoms with E-state index in [1.54, 1.807) is 9.47 Å². The number of ether oxygens (including phenoxy) is 3. The fraction of sp³-hybridized carbons (Fsp3) is 0.700. The summed E-state index contributed by atoms with van der Waals surface area (Å²) in [6, 6.07) is 0. The van der Waals surface area contributed by atoms with Gasteiger partial charge in [-0.05, 0) is 0 Å². The molecule has 0 rings (SSSR count). The van der Waals surface area contributed by atoms with Crippen LogP contribution < -0.4 is 0 Å². The minimum absolute atomic E-state index is 0.0718. The van der Waals surface area contributed by atoms with Gasteiger partial charge in [0.2, 0.25) is 0 Å². The number of esters is 1. The standard InChI is InChI=1S/C10H3F15O4/c1-27-4(26)5(14,15)9(22,23)29-7(18,8(19,20)21)10(24,25)28-6(16,17)2(11)3(12)13/h1H3. The highest BCUT2D eigenvalue weighted by Gasteiger charge is 2.82. The zero-order chi connectivity index (χ0) is 23.9. The zero-order valence-corrected chi connectivity index (χ0v) is 12.8. The highest BCUT2D eigenvalue weighted by Crippen LogP contribution is 2.54. The summed E-state index contributed by atoms with van der Waals surface area (Å²) in [7, 11) is -0.0718. The van der Waals surface area contributed by atoms with E-state index in [1.807, 2.05) is 0 Å². The smallest absolute Gasteiger partial charge is 0.458 e. The molecule has 4 nitrogen and oxygen atoms in total. The van der Waals surface area contributed by atoms with E-state index in [1.165, 1.54) is 0 Å². The lowest BCUT2D eigenvalue weighted by Gasteiger charge is -2.37. The Kier molecular flexibility index (Phi) is 7.21. The van der Waals surface area contributed by atoms with Gasteiger partial charge in [0.15, 0.2) is 0 Å². The molecule has 172 valence electrons. The predicted molar refractivity (Wildman–Crippen MR) is 54.2 cm³/mol.